The molecule has 70 valence electrons. The standard InChI is InChI=1S/C6H8F3NO2/c7-6(8,9)3-5(1-2-5)10-4(11)12/h10H,1-3H2,(H,11,12). The molecule has 1 saturated carbocycles. The van der Waals surface area contributed by atoms with Gasteiger partial charge in [0.1, 0.15) is 0 Å². The maximum absolute atomic E-state index is 11.8. The summed E-state index contributed by atoms with van der Waals surface area (Å²) in [6.07, 6.45) is -6.19. The summed E-state index contributed by atoms with van der Waals surface area (Å²) in [5, 5.41) is 10.1. The van der Waals surface area contributed by atoms with Gasteiger partial charge in [-0.1, -0.05) is 0 Å². The summed E-state index contributed by atoms with van der Waals surface area (Å²) in [5.74, 6) is 0. The molecule has 0 atom stereocenters. The Hall–Kier alpha value is -0.940. The molecule has 0 unspecified atom stereocenters. The fourth-order valence-electron chi connectivity index (χ4n) is 1.11. The van der Waals surface area contributed by atoms with Crippen LogP contribution in [0.15, 0.2) is 0 Å². The number of hydrogen-bond acceptors (Lipinski definition) is 1. The summed E-state index contributed by atoms with van der Waals surface area (Å²) in [7, 11) is 0. The Morgan fingerprint density at radius 3 is 2.25 bits per heavy atom. The summed E-state index contributed by atoms with van der Waals surface area (Å²) in [5.41, 5.74) is -1.22. The van der Waals surface area contributed by atoms with Gasteiger partial charge in [0.05, 0.1) is 12.0 Å². The van der Waals surface area contributed by atoms with Gasteiger partial charge < -0.3 is 10.4 Å². The van der Waals surface area contributed by atoms with Crippen LogP contribution < -0.4 is 5.32 Å². The average Bonchev–Trinajstić information content (AvgIpc) is 2.40. The normalized spacial score (nSPS) is 20.2. The maximum atomic E-state index is 11.8. The van der Waals surface area contributed by atoms with E-state index in [2.05, 4.69) is 0 Å². The molecule has 3 nitrogen and oxygen atoms in total. The second kappa shape index (κ2) is 2.53. The molecule has 1 fully saturated rings. The van der Waals surface area contributed by atoms with Gasteiger partial charge in [0.25, 0.3) is 0 Å². The fraction of sp³-hybridized carbons (Fsp3) is 0.833. The zero-order valence-corrected chi connectivity index (χ0v) is 6.11. The second-order valence-electron chi connectivity index (χ2n) is 3.00. The minimum Gasteiger partial charge on any atom is -0.465 e. The topological polar surface area (TPSA) is 49.3 Å². The maximum Gasteiger partial charge on any atom is 0.405 e. The van der Waals surface area contributed by atoms with Crippen LogP contribution in [0.25, 0.3) is 0 Å². The van der Waals surface area contributed by atoms with Crippen LogP contribution in [-0.4, -0.2) is 22.9 Å². The Balaban J connectivity index is 2.45. The van der Waals surface area contributed by atoms with Gasteiger partial charge in [-0.25, -0.2) is 4.79 Å². The van der Waals surface area contributed by atoms with Crippen LogP contribution in [0.1, 0.15) is 19.3 Å². The van der Waals surface area contributed by atoms with E-state index < -0.39 is 24.2 Å². The third kappa shape index (κ3) is 2.60. The van der Waals surface area contributed by atoms with E-state index in [1.165, 1.54) is 0 Å². The number of rotatable bonds is 2. The lowest BCUT2D eigenvalue weighted by molar-refractivity contribution is -0.141. The molecule has 2 N–H and O–H groups in total. The van der Waals surface area contributed by atoms with E-state index in [-0.39, 0.29) is 12.8 Å². The lowest BCUT2D eigenvalue weighted by Crippen LogP contribution is -2.39. The number of hydrogen-bond donors (Lipinski definition) is 2. The zero-order chi connectivity index (χ0) is 9.41. The summed E-state index contributed by atoms with van der Waals surface area (Å²) in [6, 6.07) is 0. The Morgan fingerprint density at radius 2 is 2.00 bits per heavy atom. The summed E-state index contributed by atoms with van der Waals surface area (Å²) < 4.78 is 35.4. The van der Waals surface area contributed by atoms with E-state index in [9.17, 15) is 18.0 Å². The van der Waals surface area contributed by atoms with E-state index in [1.54, 1.807) is 0 Å². The molecule has 0 aromatic rings. The predicted molar refractivity (Wildman–Crippen MR) is 33.8 cm³/mol. The van der Waals surface area contributed by atoms with Gasteiger partial charge in [0.15, 0.2) is 0 Å². The molecule has 12 heavy (non-hydrogen) atoms. The molecule has 0 radical (unpaired) electrons. The molecule has 1 amide bonds. The highest BCUT2D eigenvalue weighted by molar-refractivity contribution is 5.66. The first-order valence-corrected chi connectivity index (χ1v) is 3.41. The van der Waals surface area contributed by atoms with Gasteiger partial charge in [-0.3, -0.25) is 0 Å². The van der Waals surface area contributed by atoms with Gasteiger partial charge in [-0.15, -0.1) is 0 Å². The highest BCUT2D eigenvalue weighted by Crippen LogP contribution is 2.44. The second-order valence-corrected chi connectivity index (χ2v) is 3.00. The first-order valence-electron chi connectivity index (χ1n) is 3.41. The number of carbonyl (C=O) groups is 1. The molecule has 0 aromatic heterocycles. The molecule has 1 rings (SSSR count). The van der Waals surface area contributed by atoms with Gasteiger partial charge >= 0.3 is 12.3 Å². The van der Waals surface area contributed by atoms with Crippen molar-refractivity contribution in [3.63, 3.8) is 0 Å². The molecule has 6 heteroatoms. The highest BCUT2D eigenvalue weighted by Gasteiger charge is 2.51. The zero-order valence-electron chi connectivity index (χ0n) is 6.11. The molecular formula is C6H8F3NO2. The van der Waals surface area contributed by atoms with Crippen LogP contribution in [0.4, 0.5) is 18.0 Å². The molecule has 0 heterocycles. The fourth-order valence-corrected chi connectivity index (χ4v) is 1.11. The SMILES string of the molecule is O=C(O)NC1(CC(F)(F)F)CC1. The van der Waals surface area contributed by atoms with E-state index in [0.717, 1.165) is 0 Å². The van der Waals surface area contributed by atoms with E-state index >= 15 is 0 Å². The van der Waals surface area contributed by atoms with Gasteiger partial charge in [-0.05, 0) is 12.8 Å². The molecule has 1 aliphatic rings. The van der Waals surface area contributed by atoms with Crippen LogP contribution in [0, 0.1) is 0 Å². The Morgan fingerprint density at radius 1 is 1.50 bits per heavy atom. The summed E-state index contributed by atoms with van der Waals surface area (Å²) in [4.78, 5) is 10.1. The average molecular weight is 183 g/mol. The monoisotopic (exact) mass is 183 g/mol. The molecule has 0 aromatic carbocycles. The quantitative estimate of drug-likeness (QED) is 0.685. The third-order valence-electron chi connectivity index (χ3n) is 1.76. The number of amides is 1. The molecular weight excluding hydrogens is 175 g/mol. The van der Waals surface area contributed by atoms with Crippen LogP contribution in [0.3, 0.4) is 0 Å². The number of nitrogens with one attached hydrogen (secondary N) is 1. The molecule has 1 aliphatic carbocycles. The van der Waals surface area contributed by atoms with Crippen LogP contribution >= 0.6 is 0 Å². The summed E-state index contributed by atoms with van der Waals surface area (Å²) in [6.45, 7) is 0. The van der Waals surface area contributed by atoms with E-state index in [1.807, 2.05) is 5.32 Å². The van der Waals surface area contributed by atoms with Crippen molar-refractivity contribution in [2.75, 3.05) is 0 Å². The number of carboxylic acid groups (broad SMARTS) is 1. The van der Waals surface area contributed by atoms with E-state index in [4.69, 9.17) is 5.11 Å². The van der Waals surface area contributed by atoms with Crippen molar-refractivity contribution in [1.82, 2.24) is 5.32 Å². The van der Waals surface area contributed by atoms with Gasteiger partial charge in [0.2, 0.25) is 0 Å². The van der Waals surface area contributed by atoms with Crippen molar-refractivity contribution in [1.29, 1.82) is 0 Å². The Kier molecular flexibility index (Phi) is 1.93. The van der Waals surface area contributed by atoms with E-state index in [0.29, 0.717) is 0 Å². The lowest BCUT2D eigenvalue weighted by Gasteiger charge is -2.16. The Bertz CT molecular complexity index is 197. The minimum atomic E-state index is -4.29. The first kappa shape index (κ1) is 9.15. The van der Waals surface area contributed by atoms with Crippen molar-refractivity contribution in [3.8, 4) is 0 Å². The van der Waals surface area contributed by atoms with Crippen molar-refractivity contribution in [3.05, 3.63) is 0 Å². The molecule has 0 bridgehead atoms. The third-order valence-corrected chi connectivity index (χ3v) is 1.76. The smallest absolute Gasteiger partial charge is 0.405 e. The highest BCUT2D eigenvalue weighted by atomic mass is 19.4. The van der Waals surface area contributed by atoms with Crippen LogP contribution in [0.2, 0.25) is 0 Å². The number of alkyl halides is 3. The van der Waals surface area contributed by atoms with Crippen molar-refractivity contribution >= 4 is 6.09 Å². The molecule has 0 aliphatic heterocycles. The lowest BCUT2D eigenvalue weighted by atomic mass is 10.2. The van der Waals surface area contributed by atoms with Crippen molar-refractivity contribution in [2.24, 2.45) is 0 Å². The summed E-state index contributed by atoms with van der Waals surface area (Å²) >= 11 is 0. The van der Waals surface area contributed by atoms with Crippen LogP contribution in [0.5, 0.6) is 0 Å². The van der Waals surface area contributed by atoms with Gasteiger partial charge in [0, 0.05) is 0 Å². The minimum absolute atomic E-state index is 0.277. The predicted octanol–water partition coefficient (Wildman–Crippen LogP) is 1.74. The molecule has 0 saturated heterocycles. The molecule has 0 spiro atoms. The first-order chi connectivity index (χ1) is 5.33. The number of halogens is 3. The van der Waals surface area contributed by atoms with Gasteiger partial charge in [-0.2, -0.15) is 13.2 Å². The Labute approximate surface area is 66.6 Å². The van der Waals surface area contributed by atoms with Crippen LogP contribution in [-0.2, 0) is 0 Å². The van der Waals surface area contributed by atoms with Crippen molar-refractivity contribution < 1.29 is 23.1 Å². The largest absolute Gasteiger partial charge is 0.465 e. The van der Waals surface area contributed by atoms with Crippen molar-refractivity contribution in [2.45, 2.75) is 31.0 Å².